The van der Waals surface area contributed by atoms with Crippen molar-refractivity contribution in [1.82, 2.24) is 4.90 Å². The van der Waals surface area contributed by atoms with Crippen molar-refractivity contribution in [1.29, 1.82) is 0 Å². The van der Waals surface area contributed by atoms with Gasteiger partial charge in [0, 0.05) is 19.6 Å². The molecular weight excluding hydrogens is 282 g/mol. The number of benzene rings is 1. The SMILES string of the molecule is COc1ccc2c(c1)CCOC21CCN(CCC(=O)O)CC1. The minimum Gasteiger partial charge on any atom is -0.497 e. The summed E-state index contributed by atoms with van der Waals surface area (Å²) in [6.07, 6.45) is 2.98. The third kappa shape index (κ3) is 2.96. The number of nitrogens with zero attached hydrogens (tertiary/aromatic N) is 1. The van der Waals surface area contributed by atoms with Gasteiger partial charge in [0.05, 0.1) is 25.7 Å². The Morgan fingerprint density at radius 3 is 2.86 bits per heavy atom. The second-order valence-electron chi connectivity index (χ2n) is 6.10. The molecule has 1 fully saturated rings. The zero-order chi connectivity index (χ0) is 15.6. The summed E-state index contributed by atoms with van der Waals surface area (Å²) in [6.45, 7) is 3.15. The lowest BCUT2D eigenvalue weighted by molar-refractivity contribution is -0.137. The maximum absolute atomic E-state index is 10.7. The first-order valence-corrected chi connectivity index (χ1v) is 7.88. The second-order valence-corrected chi connectivity index (χ2v) is 6.10. The van der Waals surface area contributed by atoms with Gasteiger partial charge in [-0.2, -0.15) is 0 Å². The van der Waals surface area contributed by atoms with E-state index < -0.39 is 5.97 Å². The molecule has 0 radical (unpaired) electrons. The Balaban J connectivity index is 1.73. The summed E-state index contributed by atoms with van der Waals surface area (Å²) in [5.74, 6) is 0.168. The smallest absolute Gasteiger partial charge is 0.304 e. The van der Waals surface area contributed by atoms with E-state index in [4.69, 9.17) is 14.6 Å². The predicted octanol–water partition coefficient (Wildman–Crippen LogP) is 2.03. The fraction of sp³-hybridized carbons (Fsp3) is 0.588. The number of carbonyl (C=O) groups is 1. The molecule has 3 rings (SSSR count). The molecule has 0 aromatic heterocycles. The van der Waals surface area contributed by atoms with Crippen LogP contribution < -0.4 is 4.74 Å². The highest BCUT2D eigenvalue weighted by Gasteiger charge is 2.40. The monoisotopic (exact) mass is 305 g/mol. The van der Waals surface area contributed by atoms with Gasteiger partial charge in [0.1, 0.15) is 5.75 Å². The molecule has 120 valence electrons. The van der Waals surface area contributed by atoms with E-state index in [9.17, 15) is 4.79 Å². The first kappa shape index (κ1) is 15.3. The first-order chi connectivity index (χ1) is 10.6. The molecule has 1 aromatic rings. The molecule has 2 heterocycles. The fourth-order valence-electron chi connectivity index (χ4n) is 3.59. The van der Waals surface area contributed by atoms with Crippen molar-refractivity contribution in [3.05, 3.63) is 29.3 Å². The molecule has 1 saturated heterocycles. The van der Waals surface area contributed by atoms with E-state index in [1.165, 1.54) is 11.1 Å². The third-order valence-corrected chi connectivity index (χ3v) is 4.86. The van der Waals surface area contributed by atoms with Crippen molar-refractivity contribution in [3.63, 3.8) is 0 Å². The zero-order valence-electron chi connectivity index (χ0n) is 13.0. The molecule has 1 aromatic carbocycles. The lowest BCUT2D eigenvalue weighted by atomic mass is 9.79. The topological polar surface area (TPSA) is 59.0 Å². The van der Waals surface area contributed by atoms with Crippen molar-refractivity contribution in [2.45, 2.75) is 31.3 Å². The summed E-state index contributed by atoms with van der Waals surface area (Å²) in [5.41, 5.74) is 2.42. The Morgan fingerprint density at radius 2 is 2.18 bits per heavy atom. The number of hydrogen-bond donors (Lipinski definition) is 1. The Labute approximate surface area is 130 Å². The molecule has 2 aliphatic rings. The normalized spacial score (nSPS) is 20.6. The van der Waals surface area contributed by atoms with Crippen LogP contribution in [-0.4, -0.2) is 49.3 Å². The molecule has 2 aliphatic heterocycles. The Bertz CT molecular complexity index is 550. The van der Waals surface area contributed by atoms with Gasteiger partial charge in [-0.05, 0) is 42.5 Å². The van der Waals surface area contributed by atoms with Crippen LogP contribution in [0, 0.1) is 0 Å². The average Bonchev–Trinajstić information content (AvgIpc) is 2.54. The molecule has 22 heavy (non-hydrogen) atoms. The van der Waals surface area contributed by atoms with Gasteiger partial charge < -0.3 is 19.5 Å². The Kier molecular flexibility index (Phi) is 4.36. The van der Waals surface area contributed by atoms with Gasteiger partial charge in [-0.25, -0.2) is 0 Å². The number of rotatable bonds is 4. The minimum absolute atomic E-state index is 0.195. The summed E-state index contributed by atoms with van der Waals surface area (Å²) >= 11 is 0. The Morgan fingerprint density at radius 1 is 1.41 bits per heavy atom. The molecule has 0 atom stereocenters. The number of ether oxygens (including phenoxy) is 2. The lowest BCUT2D eigenvalue weighted by Gasteiger charge is -2.45. The predicted molar refractivity (Wildman–Crippen MR) is 82.3 cm³/mol. The van der Waals surface area contributed by atoms with Crippen LogP contribution in [-0.2, 0) is 21.6 Å². The number of aliphatic carboxylic acids is 1. The molecule has 0 bridgehead atoms. The highest BCUT2D eigenvalue weighted by atomic mass is 16.5. The van der Waals surface area contributed by atoms with Crippen molar-refractivity contribution in [3.8, 4) is 5.75 Å². The zero-order valence-corrected chi connectivity index (χ0v) is 13.0. The summed E-state index contributed by atoms with van der Waals surface area (Å²) in [7, 11) is 1.69. The van der Waals surface area contributed by atoms with Crippen LogP contribution in [0.4, 0.5) is 0 Å². The van der Waals surface area contributed by atoms with Gasteiger partial charge in [-0.3, -0.25) is 4.79 Å². The number of piperidine rings is 1. The summed E-state index contributed by atoms with van der Waals surface area (Å²) in [4.78, 5) is 12.9. The summed E-state index contributed by atoms with van der Waals surface area (Å²) in [6, 6.07) is 6.27. The van der Waals surface area contributed by atoms with Crippen LogP contribution >= 0.6 is 0 Å². The first-order valence-electron chi connectivity index (χ1n) is 7.88. The number of carboxylic acids is 1. The van der Waals surface area contributed by atoms with Crippen LogP contribution in [0.3, 0.4) is 0 Å². The van der Waals surface area contributed by atoms with E-state index >= 15 is 0 Å². The van der Waals surface area contributed by atoms with Crippen LogP contribution in [0.2, 0.25) is 0 Å². The van der Waals surface area contributed by atoms with Crippen LogP contribution in [0.15, 0.2) is 18.2 Å². The van der Waals surface area contributed by atoms with E-state index in [1.807, 2.05) is 6.07 Å². The van der Waals surface area contributed by atoms with Crippen LogP contribution in [0.25, 0.3) is 0 Å². The largest absolute Gasteiger partial charge is 0.497 e. The molecule has 1 spiro atoms. The maximum Gasteiger partial charge on any atom is 0.304 e. The van der Waals surface area contributed by atoms with Crippen molar-refractivity contribution in [2.75, 3.05) is 33.4 Å². The highest BCUT2D eigenvalue weighted by Crippen LogP contribution is 2.42. The van der Waals surface area contributed by atoms with Gasteiger partial charge in [0.15, 0.2) is 0 Å². The van der Waals surface area contributed by atoms with Gasteiger partial charge in [-0.15, -0.1) is 0 Å². The van der Waals surface area contributed by atoms with E-state index in [0.717, 1.165) is 44.7 Å². The molecule has 0 aliphatic carbocycles. The minimum atomic E-state index is -0.730. The molecule has 0 amide bonds. The summed E-state index contributed by atoms with van der Waals surface area (Å²) < 4.78 is 11.5. The standard InChI is InChI=1S/C17H23NO4/c1-21-14-2-3-15-13(12-14)5-11-22-17(15)6-9-18(10-7-17)8-4-16(19)20/h2-3,12H,4-11H2,1H3,(H,19,20). The van der Waals surface area contributed by atoms with E-state index in [-0.39, 0.29) is 12.0 Å². The molecule has 5 heteroatoms. The van der Waals surface area contributed by atoms with E-state index in [2.05, 4.69) is 17.0 Å². The quantitative estimate of drug-likeness (QED) is 0.922. The van der Waals surface area contributed by atoms with E-state index in [1.54, 1.807) is 7.11 Å². The van der Waals surface area contributed by atoms with Crippen molar-refractivity contribution < 1.29 is 19.4 Å². The van der Waals surface area contributed by atoms with Gasteiger partial charge >= 0.3 is 5.97 Å². The van der Waals surface area contributed by atoms with Crippen molar-refractivity contribution in [2.24, 2.45) is 0 Å². The van der Waals surface area contributed by atoms with Crippen molar-refractivity contribution >= 4 is 5.97 Å². The number of hydrogen-bond acceptors (Lipinski definition) is 4. The average molecular weight is 305 g/mol. The summed E-state index contributed by atoms with van der Waals surface area (Å²) in [5, 5.41) is 8.80. The Hall–Kier alpha value is -1.59. The third-order valence-electron chi connectivity index (χ3n) is 4.86. The van der Waals surface area contributed by atoms with Crippen LogP contribution in [0.1, 0.15) is 30.4 Å². The van der Waals surface area contributed by atoms with Gasteiger partial charge in [0.2, 0.25) is 0 Å². The highest BCUT2D eigenvalue weighted by molar-refractivity contribution is 5.66. The number of fused-ring (bicyclic) bond motifs is 2. The van der Waals surface area contributed by atoms with Crippen LogP contribution in [0.5, 0.6) is 5.75 Å². The van der Waals surface area contributed by atoms with E-state index in [0.29, 0.717) is 6.54 Å². The molecular formula is C17H23NO4. The fourth-order valence-corrected chi connectivity index (χ4v) is 3.59. The lowest BCUT2D eigenvalue weighted by Crippen LogP contribution is -2.47. The number of likely N-dealkylation sites (tertiary alicyclic amines) is 1. The maximum atomic E-state index is 10.7. The molecule has 0 unspecified atom stereocenters. The number of carboxylic acid groups (broad SMARTS) is 1. The second kappa shape index (κ2) is 6.26. The molecule has 1 N–H and O–H groups in total. The number of methoxy groups -OCH3 is 1. The molecule has 0 saturated carbocycles. The molecule has 5 nitrogen and oxygen atoms in total. The van der Waals surface area contributed by atoms with Gasteiger partial charge in [-0.1, -0.05) is 6.07 Å². The van der Waals surface area contributed by atoms with Gasteiger partial charge in [0.25, 0.3) is 0 Å².